The molecule has 3 nitrogen and oxygen atoms in total. The number of aliphatic carboxylic acids is 1. The standard InChI is InChI=1S/C7H11NO2.ClH/c9-6(10)7-4-5(7)2-1-3-8-7;/h5,8H,1-4H2,(H,9,10);1H/t5-,7+;/m0./s1. The molecule has 0 aromatic rings. The highest BCUT2D eigenvalue weighted by molar-refractivity contribution is 5.85. The molecule has 0 aromatic carbocycles. The fraction of sp³-hybridized carbons (Fsp3) is 0.857. The van der Waals surface area contributed by atoms with Crippen LogP contribution in [0.25, 0.3) is 0 Å². The second-order valence-electron chi connectivity index (χ2n) is 3.25. The van der Waals surface area contributed by atoms with Gasteiger partial charge in [-0.2, -0.15) is 0 Å². The van der Waals surface area contributed by atoms with Gasteiger partial charge >= 0.3 is 5.97 Å². The quantitative estimate of drug-likeness (QED) is 0.618. The summed E-state index contributed by atoms with van der Waals surface area (Å²) in [5, 5.41) is 11.8. The molecule has 11 heavy (non-hydrogen) atoms. The smallest absolute Gasteiger partial charge is 0.324 e. The number of hydrogen-bond acceptors (Lipinski definition) is 2. The Morgan fingerprint density at radius 1 is 1.64 bits per heavy atom. The molecular formula is C7H12ClNO2. The molecule has 1 saturated heterocycles. The number of nitrogens with one attached hydrogen (secondary N) is 1. The van der Waals surface area contributed by atoms with Gasteiger partial charge in [0.05, 0.1) is 0 Å². The first-order chi connectivity index (χ1) is 4.76. The van der Waals surface area contributed by atoms with Crippen molar-refractivity contribution >= 4 is 18.4 Å². The van der Waals surface area contributed by atoms with E-state index in [1.165, 1.54) is 0 Å². The van der Waals surface area contributed by atoms with Gasteiger partial charge in [-0.3, -0.25) is 4.79 Å². The molecule has 2 aliphatic rings. The maximum atomic E-state index is 10.7. The zero-order valence-corrected chi connectivity index (χ0v) is 6.99. The van der Waals surface area contributed by atoms with E-state index < -0.39 is 11.5 Å². The molecule has 1 aliphatic carbocycles. The maximum Gasteiger partial charge on any atom is 0.324 e. The molecular weight excluding hydrogens is 166 g/mol. The molecule has 2 N–H and O–H groups in total. The van der Waals surface area contributed by atoms with Crippen LogP contribution in [0.15, 0.2) is 0 Å². The Bertz CT molecular complexity index is 185. The van der Waals surface area contributed by atoms with Gasteiger partial charge in [0.15, 0.2) is 0 Å². The predicted molar refractivity (Wildman–Crippen MR) is 43.0 cm³/mol. The van der Waals surface area contributed by atoms with Gasteiger partial charge in [-0.15, -0.1) is 12.4 Å². The number of rotatable bonds is 1. The van der Waals surface area contributed by atoms with Gasteiger partial charge in [0.2, 0.25) is 0 Å². The molecule has 2 fully saturated rings. The SMILES string of the molecule is Cl.O=C(O)[C@@]12C[C@@H]1CCCN2. The summed E-state index contributed by atoms with van der Waals surface area (Å²) in [5.41, 5.74) is -0.488. The fourth-order valence-corrected chi connectivity index (χ4v) is 1.89. The van der Waals surface area contributed by atoms with E-state index in [0.29, 0.717) is 5.92 Å². The van der Waals surface area contributed by atoms with E-state index in [9.17, 15) is 4.79 Å². The third-order valence-electron chi connectivity index (χ3n) is 2.66. The van der Waals surface area contributed by atoms with Crippen molar-refractivity contribution in [3.63, 3.8) is 0 Å². The number of fused-ring (bicyclic) bond motifs is 1. The minimum Gasteiger partial charge on any atom is -0.480 e. The molecule has 0 unspecified atom stereocenters. The summed E-state index contributed by atoms with van der Waals surface area (Å²) >= 11 is 0. The summed E-state index contributed by atoms with van der Waals surface area (Å²) in [5.74, 6) is -0.226. The van der Waals surface area contributed by atoms with Gasteiger partial charge in [-0.1, -0.05) is 0 Å². The topological polar surface area (TPSA) is 49.3 Å². The van der Waals surface area contributed by atoms with Crippen molar-refractivity contribution in [2.45, 2.75) is 24.8 Å². The number of carbonyl (C=O) groups is 1. The number of hydrogen-bond donors (Lipinski definition) is 2. The normalized spacial score (nSPS) is 40.2. The predicted octanol–water partition coefficient (Wildman–Crippen LogP) is 0.635. The average Bonchev–Trinajstić information content (AvgIpc) is 2.61. The minimum atomic E-state index is -0.655. The second-order valence-corrected chi connectivity index (χ2v) is 3.25. The summed E-state index contributed by atoms with van der Waals surface area (Å²) < 4.78 is 0. The summed E-state index contributed by atoms with van der Waals surface area (Å²) in [6.45, 7) is 0.878. The molecule has 1 aliphatic heterocycles. The lowest BCUT2D eigenvalue weighted by molar-refractivity contribution is -0.141. The summed E-state index contributed by atoms with van der Waals surface area (Å²) in [7, 11) is 0. The lowest BCUT2D eigenvalue weighted by Gasteiger charge is -2.18. The Morgan fingerprint density at radius 2 is 2.36 bits per heavy atom. The van der Waals surface area contributed by atoms with Crippen LogP contribution in [-0.2, 0) is 4.79 Å². The van der Waals surface area contributed by atoms with Crippen LogP contribution in [0.5, 0.6) is 0 Å². The Labute approximate surface area is 71.6 Å². The van der Waals surface area contributed by atoms with Crippen molar-refractivity contribution in [3.05, 3.63) is 0 Å². The molecule has 0 spiro atoms. The van der Waals surface area contributed by atoms with Crippen LogP contribution in [0.3, 0.4) is 0 Å². The van der Waals surface area contributed by atoms with Gasteiger partial charge in [0, 0.05) is 0 Å². The first-order valence-corrected chi connectivity index (χ1v) is 3.74. The molecule has 4 heteroatoms. The van der Waals surface area contributed by atoms with Crippen molar-refractivity contribution in [3.8, 4) is 0 Å². The van der Waals surface area contributed by atoms with Crippen LogP contribution in [0, 0.1) is 5.92 Å². The molecule has 1 heterocycles. The van der Waals surface area contributed by atoms with Gasteiger partial charge in [0.1, 0.15) is 5.54 Å². The zero-order valence-electron chi connectivity index (χ0n) is 6.17. The van der Waals surface area contributed by atoms with Crippen LogP contribution in [0.4, 0.5) is 0 Å². The average molecular weight is 178 g/mol. The van der Waals surface area contributed by atoms with Gasteiger partial charge in [0.25, 0.3) is 0 Å². The highest BCUT2D eigenvalue weighted by Gasteiger charge is 2.60. The number of carboxylic acid groups (broad SMARTS) is 1. The molecule has 2 atom stereocenters. The van der Waals surface area contributed by atoms with E-state index in [2.05, 4.69) is 5.32 Å². The molecule has 0 amide bonds. The second kappa shape index (κ2) is 2.64. The summed E-state index contributed by atoms with van der Waals surface area (Å²) in [6.07, 6.45) is 3.08. The van der Waals surface area contributed by atoms with Crippen molar-refractivity contribution in [2.24, 2.45) is 5.92 Å². The number of halogens is 1. The third-order valence-corrected chi connectivity index (χ3v) is 2.66. The minimum absolute atomic E-state index is 0. The van der Waals surface area contributed by atoms with E-state index in [0.717, 1.165) is 25.8 Å². The largest absolute Gasteiger partial charge is 0.480 e. The highest BCUT2D eigenvalue weighted by Crippen LogP contribution is 2.48. The molecule has 0 bridgehead atoms. The summed E-state index contributed by atoms with van der Waals surface area (Å²) in [4.78, 5) is 10.7. The first-order valence-electron chi connectivity index (χ1n) is 3.74. The van der Waals surface area contributed by atoms with Gasteiger partial charge in [-0.05, 0) is 31.7 Å². The molecule has 1 saturated carbocycles. The van der Waals surface area contributed by atoms with Crippen LogP contribution in [0.2, 0.25) is 0 Å². The van der Waals surface area contributed by atoms with Crippen molar-refractivity contribution in [2.75, 3.05) is 6.54 Å². The van der Waals surface area contributed by atoms with E-state index in [1.54, 1.807) is 0 Å². The first kappa shape index (κ1) is 8.81. The zero-order chi connectivity index (χ0) is 7.19. The Kier molecular flexibility index (Phi) is 2.12. The monoisotopic (exact) mass is 177 g/mol. The van der Waals surface area contributed by atoms with Gasteiger partial charge < -0.3 is 10.4 Å². The Balaban J connectivity index is 0.000000605. The van der Waals surface area contributed by atoms with E-state index in [-0.39, 0.29) is 12.4 Å². The number of piperidine rings is 1. The van der Waals surface area contributed by atoms with Crippen molar-refractivity contribution in [1.29, 1.82) is 0 Å². The summed E-state index contributed by atoms with van der Waals surface area (Å²) in [6, 6.07) is 0. The molecule has 64 valence electrons. The van der Waals surface area contributed by atoms with Crippen molar-refractivity contribution in [1.82, 2.24) is 5.32 Å². The Morgan fingerprint density at radius 3 is 2.82 bits per heavy atom. The van der Waals surface area contributed by atoms with Crippen LogP contribution in [-0.4, -0.2) is 23.2 Å². The molecule has 0 aromatic heterocycles. The van der Waals surface area contributed by atoms with Gasteiger partial charge in [-0.25, -0.2) is 0 Å². The molecule has 0 radical (unpaired) electrons. The van der Waals surface area contributed by atoms with Crippen LogP contribution < -0.4 is 5.32 Å². The maximum absolute atomic E-state index is 10.7. The highest BCUT2D eigenvalue weighted by atomic mass is 35.5. The molecule has 2 rings (SSSR count). The lowest BCUT2D eigenvalue weighted by atomic mass is 10.1. The number of carboxylic acids is 1. The Hall–Kier alpha value is -0.280. The van der Waals surface area contributed by atoms with E-state index in [4.69, 9.17) is 5.11 Å². The lowest BCUT2D eigenvalue weighted by Crippen LogP contribution is -2.44. The third kappa shape index (κ3) is 1.12. The van der Waals surface area contributed by atoms with Crippen LogP contribution in [0.1, 0.15) is 19.3 Å². The fourth-order valence-electron chi connectivity index (χ4n) is 1.89. The van der Waals surface area contributed by atoms with E-state index in [1.807, 2.05) is 0 Å². The van der Waals surface area contributed by atoms with Crippen LogP contribution >= 0.6 is 12.4 Å². The van der Waals surface area contributed by atoms with E-state index >= 15 is 0 Å². The van der Waals surface area contributed by atoms with Crippen molar-refractivity contribution < 1.29 is 9.90 Å².